The van der Waals surface area contributed by atoms with Crippen LogP contribution in [-0.2, 0) is 13.0 Å². The van der Waals surface area contributed by atoms with Gasteiger partial charge in [-0.05, 0) is 50.3 Å². The molecule has 0 aliphatic carbocycles. The van der Waals surface area contributed by atoms with Gasteiger partial charge < -0.3 is 20.4 Å². The van der Waals surface area contributed by atoms with Crippen LogP contribution in [-0.4, -0.2) is 67.5 Å². The number of nitrogens with zero attached hydrogens (tertiary/aromatic N) is 3. The molecule has 0 aliphatic rings. The Labute approximate surface area is 170 Å². The van der Waals surface area contributed by atoms with Crippen molar-refractivity contribution in [1.82, 2.24) is 25.4 Å². The first-order chi connectivity index (χ1) is 13.8. The van der Waals surface area contributed by atoms with Crippen LogP contribution in [0, 0.1) is 5.82 Å². The molecule has 29 heavy (non-hydrogen) atoms. The topological polar surface area (TPSA) is 77.6 Å². The first-order valence-corrected chi connectivity index (χ1v) is 9.37. The molecule has 1 heterocycles. The highest BCUT2D eigenvalue weighted by atomic mass is 19.1. The van der Waals surface area contributed by atoms with Gasteiger partial charge in [0.15, 0.2) is 0 Å². The largest absolute Gasteiger partial charge is 0.355 e. The lowest BCUT2D eigenvalue weighted by molar-refractivity contribution is 0.0959. The van der Waals surface area contributed by atoms with Crippen LogP contribution in [0.4, 0.5) is 9.18 Å². The first kappa shape index (κ1) is 22.3. The number of urea groups is 1. The highest BCUT2D eigenvalue weighted by Crippen LogP contribution is 2.13. The molecular formula is C21H28FN5O2. The zero-order valence-electron chi connectivity index (χ0n) is 17.3. The molecule has 0 saturated carbocycles. The van der Waals surface area contributed by atoms with Gasteiger partial charge in [-0.3, -0.25) is 9.78 Å². The highest BCUT2D eigenvalue weighted by molar-refractivity contribution is 5.94. The van der Waals surface area contributed by atoms with Gasteiger partial charge in [-0.25, -0.2) is 9.18 Å². The third kappa shape index (κ3) is 6.53. The molecule has 0 spiro atoms. The maximum atomic E-state index is 14.2. The van der Waals surface area contributed by atoms with Gasteiger partial charge in [0.25, 0.3) is 5.91 Å². The van der Waals surface area contributed by atoms with Crippen molar-refractivity contribution in [2.75, 3.05) is 34.7 Å². The van der Waals surface area contributed by atoms with E-state index in [9.17, 15) is 14.0 Å². The summed E-state index contributed by atoms with van der Waals surface area (Å²) in [4.78, 5) is 31.8. The van der Waals surface area contributed by atoms with Gasteiger partial charge in [0.05, 0.1) is 17.8 Å². The molecule has 8 heteroatoms. The van der Waals surface area contributed by atoms with Gasteiger partial charge in [0.1, 0.15) is 5.82 Å². The van der Waals surface area contributed by atoms with Gasteiger partial charge in [0, 0.05) is 32.9 Å². The second-order valence-electron chi connectivity index (χ2n) is 7.08. The Bertz CT molecular complexity index is 829. The average Bonchev–Trinajstić information content (AvgIpc) is 2.70. The van der Waals surface area contributed by atoms with Crippen LogP contribution in [0.25, 0.3) is 0 Å². The van der Waals surface area contributed by atoms with E-state index in [-0.39, 0.29) is 17.6 Å². The number of benzene rings is 1. The number of nitrogens with one attached hydrogen (secondary N) is 2. The fourth-order valence-electron chi connectivity index (χ4n) is 2.86. The van der Waals surface area contributed by atoms with E-state index in [0.717, 1.165) is 11.3 Å². The van der Waals surface area contributed by atoms with Crippen molar-refractivity contribution >= 4 is 11.9 Å². The van der Waals surface area contributed by atoms with E-state index in [0.29, 0.717) is 19.5 Å². The van der Waals surface area contributed by atoms with E-state index in [1.807, 2.05) is 37.2 Å². The summed E-state index contributed by atoms with van der Waals surface area (Å²) in [5.74, 6) is -1.01. The maximum absolute atomic E-state index is 14.2. The summed E-state index contributed by atoms with van der Waals surface area (Å²) in [5.41, 5.74) is 1.58. The van der Waals surface area contributed by atoms with Crippen LogP contribution >= 0.6 is 0 Å². The zero-order valence-corrected chi connectivity index (χ0v) is 17.3. The Morgan fingerprint density at radius 1 is 1.17 bits per heavy atom. The van der Waals surface area contributed by atoms with Crippen molar-refractivity contribution in [3.63, 3.8) is 0 Å². The minimum Gasteiger partial charge on any atom is -0.355 e. The second-order valence-corrected chi connectivity index (χ2v) is 7.08. The summed E-state index contributed by atoms with van der Waals surface area (Å²) in [5, 5.41) is 5.33. The first-order valence-electron chi connectivity index (χ1n) is 9.37. The van der Waals surface area contributed by atoms with Crippen LogP contribution in [0.2, 0.25) is 0 Å². The number of amides is 3. The highest BCUT2D eigenvalue weighted by Gasteiger charge is 2.17. The Hall–Kier alpha value is -3.00. The van der Waals surface area contributed by atoms with Crippen LogP contribution in [0.15, 0.2) is 42.6 Å². The maximum Gasteiger partial charge on any atom is 0.317 e. The smallest absolute Gasteiger partial charge is 0.317 e. The number of pyridine rings is 1. The Morgan fingerprint density at radius 3 is 2.52 bits per heavy atom. The average molecular weight is 401 g/mol. The van der Waals surface area contributed by atoms with E-state index in [4.69, 9.17) is 0 Å². The number of hydrogen-bond donors (Lipinski definition) is 2. The lowest BCUT2D eigenvalue weighted by atomic mass is 10.0. The molecule has 7 nitrogen and oxygen atoms in total. The van der Waals surface area contributed by atoms with E-state index in [1.54, 1.807) is 24.2 Å². The summed E-state index contributed by atoms with van der Waals surface area (Å²) < 4.78 is 14.2. The molecule has 1 aromatic carbocycles. The molecule has 0 bridgehead atoms. The molecule has 0 saturated heterocycles. The van der Waals surface area contributed by atoms with E-state index < -0.39 is 11.7 Å². The fraction of sp³-hybridized carbons (Fsp3) is 0.381. The fourth-order valence-corrected chi connectivity index (χ4v) is 2.86. The van der Waals surface area contributed by atoms with Gasteiger partial charge in [-0.1, -0.05) is 12.1 Å². The van der Waals surface area contributed by atoms with E-state index in [2.05, 4.69) is 15.6 Å². The Balaban J connectivity index is 1.95. The van der Waals surface area contributed by atoms with Gasteiger partial charge in [0.2, 0.25) is 0 Å². The van der Waals surface area contributed by atoms with Gasteiger partial charge in [-0.15, -0.1) is 0 Å². The lowest BCUT2D eigenvalue weighted by Gasteiger charge is -2.26. The number of likely N-dealkylation sites (N-methyl/N-ethyl adjacent to an activating group) is 1. The number of carbonyl (C=O) groups is 2. The molecular weight excluding hydrogens is 373 g/mol. The molecule has 2 N–H and O–H groups in total. The molecule has 2 aromatic rings. The molecule has 0 unspecified atom stereocenters. The monoisotopic (exact) mass is 401 g/mol. The molecule has 1 atom stereocenters. The SMILES string of the molecule is CNC(=O)c1ccc(C[C@@H](CNC(=O)N(C)Cc2ccccn2)N(C)C)cc1F. The summed E-state index contributed by atoms with van der Waals surface area (Å²) in [6.45, 7) is 0.808. The second kappa shape index (κ2) is 10.5. The van der Waals surface area contributed by atoms with Crippen molar-refractivity contribution < 1.29 is 14.0 Å². The van der Waals surface area contributed by atoms with E-state index >= 15 is 0 Å². The molecule has 156 valence electrons. The number of halogens is 1. The molecule has 1 aromatic heterocycles. The quantitative estimate of drug-likeness (QED) is 0.708. The predicted octanol–water partition coefficient (Wildman–Crippen LogP) is 1.89. The van der Waals surface area contributed by atoms with Crippen molar-refractivity contribution in [3.05, 3.63) is 65.2 Å². The number of hydrogen-bond acceptors (Lipinski definition) is 4. The predicted molar refractivity (Wildman–Crippen MR) is 110 cm³/mol. The number of carbonyl (C=O) groups excluding carboxylic acids is 2. The van der Waals surface area contributed by atoms with Crippen molar-refractivity contribution in [1.29, 1.82) is 0 Å². The summed E-state index contributed by atoms with van der Waals surface area (Å²) in [6, 6.07) is 9.92. The normalized spacial score (nSPS) is 11.8. The summed E-state index contributed by atoms with van der Waals surface area (Å²) >= 11 is 0. The Morgan fingerprint density at radius 2 is 1.93 bits per heavy atom. The molecule has 0 aliphatic heterocycles. The standard InChI is InChI=1S/C21H28FN5O2/c1-23-20(28)18-9-8-15(12-19(18)22)11-17(26(2)3)13-25-21(29)27(4)14-16-7-5-6-10-24-16/h5-10,12,17H,11,13-14H2,1-4H3,(H,23,28)(H,25,29)/t17-/m0/s1. The molecule has 2 rings (SSSR count). The molecule has 0 fully saturated rings. The van der Waals surface area contributed by atoms with Crippen molar-refractivity contribution in [2.45, 2.75) is 19.0 Å². The van der Waals surface area contributed by atoms with Gasteiger partial charge >= 0.3 is 6.03 Å². The van der Waals surface area contributed by atoms with Crippen LogP contribution in [0.5, 0.6) is 0 Å². The van der Waals surface area contributed by atoms with Crippen LogP contribution in [0.3, 0.4) is 0 Å². The minimum absolute atomic E-state index is 0.0158. The number of rotatable bonds is 8. The third-order valence-electron chi connectivity index (χ3n) is 4.67. The van der Waals surface area contributed by atoms with Crippen molar-refractivity contribution in [3.8, 4) is 0 Å². The summed E-state index contributed by atoms with van der Waals surface area (Å²) in [6.07, 6.45) is 2.22. The van der Waals surface area contributed by atoms with Crippen LogP contribution in [0.1, 0.15) is 21.6 Å². The minimum atomic E-state index is -0.557. The molecule has 3 amide bonds. The van der Waals surface area contributed by atoms with Crippen molar-refractivity contribution in [2.24, 2.45) is 0 Å². The van der Waals surface area contributed by atoms with Gasteiger partial charge in [-0.2, -0.15) is 0 Å². The number of aromatic nitrogens is 1. The lowest BCUT2D eigenvalue weighted by Crippen LogP contribution is -2.45. The molecule has 0 radical (unpaired) electrons. The zero-order chi connectivity index (χ0) is 21.4. The Kier molecular flexibility index (Phi) is 8.09. The van der Waals surface area contributed by atoms with Crippen LogP contribution < -0.4 is 10.6 Å². The third-order valence-corrected chi connectivity index (χ3v) is 4.67. The van der Waals surface area contributed by atoms with E-state index in [1.165, 1.54) is 19.2 Å². The summed E-state index contributed by atoms with van der Waals surface area (Å²) in [7, 11) is 6.99.